The average Bonchev–Trinajstić information content (AvgIpc) is 2.97. The van der Waals surface area contributed by atoms with Crippen LogP contribution < -0.4 is 5.32 Å². The third-order valence-electron chi connectivity index (χ3n) is 4.64. The molecule has 1 fully saturated rings. The quantitative estimate of drug-likeness (QED) is 0.824. The van der Waals surface area contributed by atoms with E-state index in [9.17, 15) is 0 Å². The van der Waals surface area contributed by atoms with Crippen molar-refractivity contribution in [2.24, 2.45) is 7.05 Å². The van der Waals surface area contributed by atoms with Crippen molar-refractivity contribution < 1.29 is 0 Å². The average molecular weight is 367 g/mol. The van der Waals surface area contributed by atoms with Gasteiger partial charge in [-0.2, -0.15) is 0 Å². The standard InChI is InChI=1S/C18H26N4S.ClH/c1-14-4-5-16(12-15(14)2)23-11-10-22-9-6-19-13-17(22)18-20-7-8-21(18)3;/h4-5,7-8,12,17,19H,6,9-11,13H2,1-3H3;1H. The molecule has 1 unspecified atom stereocenters. The van der Waals surface area contributed by atoms with E-state index in [4.69, 9.17) is 0 Å². The number of piperazine rings is 1. The number of hydrogen-bond donors (Lipinski definition) is 1. The summed E-state index contributed by atoms with van der Waals surface area (Å²) in [5.41, 5.74) is 2.74. The lowest BCUT2D eigenvalue weighted by Crippen LogP contribution is -2.47. The Morgan fingerprint density at radius 1 is 1.29 bits per heavy atom. The van der Waals surface area contributed by atoms with Crippen LogP contribution in [0.1, 0.15) is 23.0 Å². The second-order valence-corrected chi connectivity index (χ2v) is 7.42. The van der Waals surface area contributed by atoms with Gasteiger partial charge in [0.2, 0.25) is 0 Å². The number of nitrogens with zero attached hydrogens (tertiary/aromatic N) is 3. The van der Waals surface area contributed by atoms with Crippen LogP contribution in [0.25, 0.3) is 0 Å². The molecular weight excluding hydrogens is 340 g/mol. The van der Waals surface area contributed by atoms with Crippen LogP contribution in [0, 0.1) is 13.8 Å². The summed E-state index contributed by atoms with van der Waals surface area (Å²) in [5, 5.41) is 3.50. The number of rotatable bonds is 5. The number of imidazole rings is 1. The minimum atomic E-state index is 0. The topological polar surface area (TPSA) is 33.1 Å². The van der Waals surface area contributed by atoms with E-state index in [1.54, 1.807) is 0 Å². The summed E-state index contributed by atoms with van der Waals surface area (Å²) in [6, 6.07) is 7.14. The predicted molar refractivity (Wildman–Crippen MR) is 104 cm³/mol. The number of aryl methyl sites for hydroxylation is 3. The molecule has 1 saturated heterocycles. The highest BCUT2D eigenvalue weighted by molar-refractivity contribution is 7.99. The van der Waals surface area contributed by atoms with Crippen LogP contribution in [0.15, 0.2) is 35.5 Å². The van der Waals surface area contributed by atoms with Crippen LogP contribution >= 0.6 is 24.2 Å². The maximum absolute atomic E-state index is 4.55. The van der Waals surface area contributed by atoms with Gasteiger partial charge in [-0.3, -0.25) is 4.90 Å². The molecule has 6 heteroatoms. The third kappa shape index (κ3) is 4.54. The summed E-state index contributed by atoms with van der Waals surface area (Å²) in [5.74, 6) is 2.28. The fourth-order valence-corrected chi connectivity index (χ4v) is 4.04. The predicted octanol–water partition coefficient (Wildman–Crippen LogP) is 3.20. The van der Waals surface area contributed by atoms with Gasteiger partial charge in [-0.15, -0.1) is 24.2 Å². The first kappa shape index (κ1) is 19.3. The van der Waals surface area contributed by atoms with Gasteiger partial charge in [-0.1, -0.05) is 6.07 Å². The molecule has 0 aliphatic carbocycles. The number of benzene rings is 1. The molecule has 2 aromatic rings. The van der Waals surface area contributed by atoms with E-state index in [0.29, 0.717) is 6.04 Å². The zero-order valence-corrected chi connectivity index (χ0v) is 16.3. The Morgan fingerprint density at radius 2 is 2.12 bits per heavy atom. The van der Waals surface area contributed by atoms with Crippen LogP contribution in [0.3, 0.4) is 0 Å². The SMILES string of the molecule is Cc1ccc(SCCN2CCNCC2c2nccn2C)cc1C.Cl. The van der Waals surface area contributed by atoms with Gasteiger partial charge in [0.05, 0.1) is 6.04 Å². The van der Waals surface area contributed by atoms with Crippen LogP contribution in [-0.4, -0.2) is 46.4 Å². The van der Waals surface area contributed by atoms with Crippen LogP contribution in [0.2, 0.25) is 0 Å². The molecule has 4 nitrogen and oxygen atoms in total. The molecule has 132 valence electrons. The summed E-state index contributed by atoms with van der Waals surface area (Å²) in [4.78, 5) is 8.49. The molecule has 1 aliphatic heterocycles. The number of aromatic nitrogens is 2. The Morgan fingerprint density at radius 3 is 2.83 bits per heavy atom. The van der Waals surface area contributed by atoms with Gasteiger partial charge in [-0.05, 0) is 37.1 Å². The number of halogens is 1. The van der Waals surface area contributed by atoms with Crippen molar-refractivity contribution in [1.29, 1.82) is 0 Å². The normalized spacial score (nSPS) is 18.4. The third-order valence-corrected chi connectivity index (χ3v) is 5.61. The van der Waals surface area contributed by atoms with Gasteiger partial charge in [0.1, 0.15) is 5.82 Å². The summed E-state index contributed by atoms with van der Waals surface area (Å²) >= 11 is 1.95. The molecule has 1 aliphatic rings. The number of thioether (sulfide) groups is 1. The van der Waals surface area contributed by atoms with Crippen molar-refractivity contribution in [2.75, 3.05) is 31.9 Å². The van der Waals surface area contributed by atoms with E-state index >= 15 is 0 Å². The lowest BCUT2D eigenvalue weighted by atomic mass is 10.1. The molecule has 1 aromatic heterocycles. The zero-order chi connectivity index (χ0) is 16.2. The monoisotopic (exact) mass is 366 g/mol. The molecule has 24 heavy (non-hydrogen) atoms. The minimum Gasteiger partial charge on any atom is -0.337 e. The van der Waals surface area contributed by atoms with Crippen molar-refractivity contribution in [1.82, 2.24) is 19.8 Å². The van der Waals surface area contributed by atoms with Gasteiger partial charge in [0, 0.05) is 56.3 Å². The molecule has 0 radical (unpaired) electrons. The molecule has 0 spiro atoms. The van der Waals surface area contributed by atoms with Gasteiger partial charge < -0.3 is 9.88 Å². The van der Waals surface area contributed by atoms with Crippen molar-refractivity contribution in [2.45, 2.75) is 24.8 Å². The zero-order valence-electron chi connectivity index (χ0n) is 14.7. The van der Waals surface area contributed by atoms with Gasteiger partial charge >= 0.3 is 0 Å². The van der Waals surface area contributed by atoms with E-state index in [1.807, 2.05) is 24.2 Å². The maximum atomic E-state index is 4.55. The van der Waals surface area contributed by atoms with Gasteiger partial charge in [0.15, 0.2) is 0 Å². The van der Waals surface area contributed by atoms with Gasteiger partial charge in [0.25, 0.3) is 0 Å². The van der Waals surface area contributed by atoms with Crippen molar-refractivity contribution in [3.05, 3.63) is 47.5 Å². The molecule has 0 saturated carbocycles. The molecule has 1 atom stereocenters. The van der Waals surface area contributed by atoms with Gasteiger partial charge in [-0.25, -0.2) is 4.98 Å². The first-order chi connectivity index (χ1) is 11.1. The molecule has 1 N–H and O–H groups in total. The smallest absolute Gasteiger partial charge is 0.127 e. The summed E-state index contributed by atoms with van der Waals surface area (Å²) < 4.78 is 2.14. The summed E-state index contributed by atoms with van der Waals surface area (Å²) in [6.07, 6.45) is 3.93. The Kier molecular flexibility index (Phi) is 7.16. The maximum Gasteiger partial charge on any atom is 0.127 e. The van der Waals surface area contributed by atoms with Crippen molar-refractivity contribution in [3.63, 3.8) is 0 Å². The Hall–Kier alpha value is -1.01. The molecule has 0 bridgehead atoms. The number of hydrogen-bond acceptors (Lipinski definition) is 4. The van der Waals surface area contributed by atoms with Crippen LogP contribution in [0.4, 0.5) is 0 Å². The van der Waals surface area contributed by atoms with E-state index in [2.05, 4.69) is 58.9 Å². The Labute approximate surface area is 155 Å². The molecule has 1 aromatic carbocycles. The van der Waals surface area contributed by atoms with E-state index in [-0.39, 0.29) is 12.4 Å². The van der Waals surface area contributed by atoms with Crippen LogP contribution in [0.5, 0.6) is 0 Å². The first-order valence-corrected chi connectivity index (χ1v) is 9.26. The summed E-state index contributed by atoms with van der Waals surface area (Å²) in [7, 11) is 2.08. The lowest BCUT2D eigenvalue weighted by molar-refractivity contribution is 0.163. The number of nitrogens with one attached hydrogen (secondary N) is 1. The molecule has 3 rings (SSSR count). The molecule has 0 amide bonds. The Balaban J connectivity index is 0.00000208. The Bertz CT molecular complexity index is 658. The summed E-state index contributed by atoms with van der Waals surface area (Å²) in [6.45, 7) is 8.59. The second-order valence-electron chi connectivity index (χ2n) is 6.25. The van der Waals surface area contributed by atoms with Crippen molar-refractivity contribution in [3.8, 4) is 0 Å². The van der Waals surface area contributed by atoms with E-state index in [1.165, 1.54) is 16.0 Å². The molecular formula is C18H27ClN4S. The highest BCUT2D eigenvalue weighted by Crippen LogP contribution is 2.24. The highest BCUT2D eigenvalue weighted by Gasteiger charge is 2.26. The largest absolute Gasteiger partial charge is 0.337 e. The second kappa shape index (κ2) is 8.90. The van der Waals surface area contributed by atoms with E-state index < -0.39 is 0 Å². The highest BCUT2D eigenvalue weighted by atomic mass is 35.5. The lowest BCUT2D eigenvalue weighted by Gasteiger charge is -2.35. The van der Waals surface area contributed by atoms with E-state index in [0.717, 1.165) is 37.8 Å². The fraction of sp³-hybridized carbons (Fsp3) is 0.500. The van der Waals surface area contributed by atoms with Crippen LogP contribution in [-0.2, 0) is 7.05 Å². The minimum absolute atomic E-state index is 0. The fourth-order valence-electron chi connectivity index (χ4n) is 3.05. The van der Waals surface area contributed by atoms with Crippen molar-refractivity contribution >= 4 is 24.2 Å². The first-order valence-electron chi connectivity index (χ1n) is 8.27. The molecule has 2 heterocycles.